The molecule has 0 aliphatic heterocycles. The van der Waals surface area contributed by atoms with Gasteiger partial charge in [-0.25, -0.2) is 4.79 Å². The van der Waals surface area contributed by atoms with Crippen LogP contribution in [0.1, 0.15) is 31.7 Å². The molecule has 9 heteroatoms. The molecule has 4 N–H and O–H groups in total. The van der Waals surface area contributed by atoms with Crippen molar-refractivity contribution in [3.8, 4) is 5.75 Å². The van der Waals surface area contributed by atoms with Gasteiger partial charge in [-0.3, -0.25) is 10.9 Å². The van der Waals surface area contributed by atoms with Gasteiger partial charge in [0.2, 0.25) is 0 Å². The van der Waals surface area contributed by atoms with E-state index in [-0.39, 0.29) is 17.4 Å². The molecule has 164 valence electrons. The minimum atomic E-state index is -0.507. The summed E-state index contributed by atoms with van der Waals surface area (Å²) >= 11 is 4.81. The summed E-state index contributed by atoms with van der Waals surface area (Å²) in [6.07, 6.45) is 0.404. The molecule has 0 aromatic heterocycles. The molecule has 2 rings (SSSR count). The average molecular weight is 442 g/mol. The van der Waals surface area contributed by atoms with Crippen molar-refractivity contribution in [1.29, 1.82) is 0 Å². The number of nitrogens with one attached hydrogen (secondary N) is 2. The highest BCUT2D eigenvalue weighted by atomic mass is 32.1. The van der Waals surface area contributed by atoms with Gasteiger partial charge in [0.15, 0.2) is 10.8 Å². The number of ether oxygens (including phenoxy) is 2. The smallest absolute Gasteiger partial charge is 0.355 e. The number of anilines is 1. The van der Waals surface area contributed by atoms with E-state index < -0.39 is 11.9 Å². The lowest BCUT2D eigenvalue weighted by molar-refractivity contribution is -0.135. The quantitative estimate of drug-likeness (QED) is 0.224. The minimum absolute atomic E-state index is 0.0658. The third-order valence-corrected chi connectivity index (χ3v) is 4.36. The normalized spacial score (nSPS) is 12.6. The first-order chi connectivity index (χ1) is 14.9. The van der Waals surface area contributed by atoms with Crippen molar-refractivity contribution in [3.05, 3.63) is 60.2 Å². The van der Waals surface area contributed by atoms with Crippen molar-refractivity contribution in [3.63, 3.8) is 0 Å². The van der Waals surface area contributed by atoms with Gasteiger partial charge in [0.25, 0.3) is 0 Å². The molecular formula is C22H27N5O3S. The summed E-state index contributed by atoms with van der Waals surface area (Å²) in [7, 11) is 1.60. The lowest BCUT2D eigenvalue weighted by atomic mass is 9.89. The van der Waals surface area contributed by atoms with E-state index in [0.29, 0.717) is 17.8 Å². The van der Waals surface area contributed by atoms with Crippen LogP contribution < -0.4 is 21.3 Å². The number of nitrogens with zero attached hydrogens (tertiary/aromatic N) is 2. The van der Waals surface area contributed by atoms with Gasteiger partial charge in [-0.15, -0.1) is 0 Å². The second kappa shape index (κ2) is 12.3. The van der Waals surface area contributed by atoms with E-state index in [4.69, 9.17) is 27.4 Å². The summed E-state index contributed by atoms with van der Waals surface area (Å²) < 4.78 is 10.5. The molecule has 8 nitrogen and oxygen atoms in total. The molecule has 0 aliphatic rings. The van der Waals surface area contributed by atoms with Crippen LogP contribution in [-0.2, 0) is 9.53 Å². The Morgan fingerprint density at radius 2 is 1.81 bits per heavy atom. The zero-order valence-electron chi connectivity index (χ0n) is 17.8. The van der Waals surface area contributed by atoms with E-state index in [2.05, 4.69) is 21.1 Å². The second-order valence-corrected chi connectivity index (χ2v) is 6.99. The molecule has 0 fully saturated rings. The van der Waals surface area contributed by atoms with Crippen molar-refractivity contribution < 1.29 is 14.3 Å². The molecule has 0 saturated carbocycles. The Hall–Kier alpha value is -3.46. The fraction of sp³-hybridized carbons (Fsp3) is 0.273. The van der Waals surface area contributed by atoms with E-state index >= 15 is 0 Å². The van der Waals surface area contributed by atoms with Crippen molar-refractivity contribution in [1.82, 2.24) is 5.43 Å². The maximum atomic E-state index is 12.8. The van der Waals surface area contributed by atoms with Crippen molar-refractivity contribution in [2.24, 2.45) is 15.9 Å². The highest BCUT2D eigenvalue weighted by molar-refractivity contribution is 7.80. The van der Waals surface area contributed by atoms with Crippen molar-refractivity contribution >= 4 is 40.4 Å². The van der Waals surface area contributed by atoms with Crippen LogP contribution in [0.3, 0.4) is 0 Å². The van der Waals surface area contributed by atoms with Gasteiger partial charge in [0.1, 0.15) is 5.75 Å². The third-order valence-electron chi connectivity index (χ3n) is 4.27. The topological polar surface area (TPSA) is 110 Å². The largest absolute Gasteiger partial charge is 0.497 e. The minimum Gasteiger partial charge on any atom is -0.497 e. The summed E-state index contributed by atoms with van der Waals surface area (Å²) in [6.45, 7) is 3.81. The SMILES string of the molecule is CCOC(=O)/C(=N\Nc1ccc(OC)cc1)[C@H](C/C(C)=N/NC(N)=S)c1ccccc1. The number of methoxy groups -OCH3 is 1. The van der Waals surface area contributed by atoms with Crippen LogP contribution in [0.25, 0.3) is 0 Å². The average Bonchev–Trinajstić information content (AvgIpc) is 2.78. The summed E-state index contributed by atoms with van der Waals surface area (Å²) in [6, 6.07) is 16.8. The highest BCUT2D eigenvalue weighted by Gasteiger charge is 2.27. The van der Waals surface area contributed by atoms with Crippen molar-refractivity contribution in [2.75, 3.05) is 19.1 Å². The Bertz CT molecular complexity index is 930. The summed E-state index contributed by atoms with van der Waals surface area (Å²) in [5, 5.41) is 8.66. The standard InChI is InChI=1S/C22H27N5O3S/c1-4-30-21(28)20(26-25-17-10-12-18(29-3)13-11-17)19(16-8-6-5-7-9-16)14-15(2)24-27-22(23)31/h5-13,19,25H,4,14H2,1-3H3,(H3,23,27,31)/b24-15+,26-20-/t19-/m1/s1. The van der Waals surface area contributed by atoms with E-state index in [9.17, 15) is 4.79 Å². The monoisotopic (exact) mass is 441 g/mol. The van der Waals surface area contributed by atoms with E-state index in [1.165, 1.54) is 0 Å². The molecular weight excluding hydrogens is 414 g/mol. The van der Waals surface area contributed by atoms with Gasteiger partial charge in [-0.05, 0) is 62.3 Å². The number of carbonyl (C=O) groups excluding carboxylic acids is 1. The van der Waals surface area contributed by atoms with Gasteiger partial charge in [-0.1, -0.05) is 30.3 Å². The zero-order valence-corrected chi connectivity index (χ0v) is 18.6. The first-order valence-electron chi connectivity index (χ1n) is 9.72. The molecule has 0 amide bonds. The van der Waals surface area contributed by atoms with Crippen molar-refractivity contribution in [2.45, 2.75) is 26.2 Å². The van der Waals surface area contributed by atoms with Gasteiger partial charge >= 0.3 is 5.97 Å². The van der Waals surface area contributed by atoms with Gasteiger partial charge in [0, 0.05) is 11.6 Å². The maximum absolute atomic E-state index is 12.8. The number of thiocarbonyl (C=S) groups is 1. The third kappa shape index (κ3) is 7.71. The molecule has 0 radical (unpaired) electrons. The number of hydrazone groups is 2. The summed E-state index contributed by atoms with van der Waals surface area (Å²) in [5.74, 6) is -0.185. The van der Waals surface area contributed by atoms with E-state index in [0.717, 1.165) is 11.3 Å². The molecule has 0 aliphatic carbocycles. The van der Waals surface area contributed by atoms with Crippen LogP contribution in [-0.4, -0.2) is 36.2 Å². The lowest BCUT2D eigenvalue weighted by Crippen LogP contribution is -2.29. The van der Waals surface area contributed by atoms with Crippen LogP contribution >= 0.6 is 12.2 Å². The lowest BCUT2D eigenvalue weighted by Gasteiger charge is -2.19. The number of nitrogens with two attached hydrogens (primary N) is 1. The Kier molecular flexibility index (Phi) is 9.44. The van der Waals surface area contributed by atoms with Gasteiger partial charge in [0.05, 0.1) is 19.4 Å². The molecule has 31 heavy (non-hydrogen) atoms. The number of benzene rings is 2. The molecule has 2 aromatic rings. The number of hydrogen-bond acceptors (Lipinski definition) is 7. The van der Waals surface area contributed by atoms with Crippen LogP contribution in [0, 0.1) is 0 Å². The summed E-state index contributed by atoms with van der Waals surface area (Å²) in [4.78, 5) is 12.8. The molecule has 0 spiro atoms. The number of carbonyl (C=O) groups is 1. The van der Waals surface area contributed by atoms with Crippen LogP contribution in [0.2, 0.25) is 0 Å². The second-order valence-electron chi connectivity index (χ2n) is 6.55. The first-order valence-corrected chi connectivity index (χ1v) is 10.1. The van der Waals surface area contributed by atoms with Crippen LogP contribution in [0.4, 0.5) is 5.69 Å². The molecule has 1 atom stereocenters. The molecule has 0 heterocycles. The fourth-order valence-corrected chi connectivity index (χ4v) is 2.86. The van der Waals surface area contributed by atoms with E-state index in [1.807, 2.05) is 37.3 Å². The van der Waals surface area contributed by atoms with Crippen LogP contribution in [0.5, 0.6) is 5.75 Å². The van der Waals surface area contributed by atoms with Gasteiger partial charge < -0.3 is 15.2 Å². The Morgan fingerprint density at radius 1 is 1.13 bits per heavy atom. The van der Waals surface area contributed by atoms with Crippen LogP contribution in [0.15, 0.2) is 64.8 Å². The number of rotatable bonds is 10. The highest BCUT2D eigenvalue weighted by Crippen LogP contribution is 2.24. The zero-order chi connectivity index (χ0) is 22.6. The molecule has 2 aromatic carbocycles. The fourth-order valence-electron chi connectivity index (χ4n) is 2.81. The Labute approximate surface area is 187 Å². The maximum Gasteiger partial charge on any atom is 0.355 e. The molecule has 0 bridgehead atoms. The predicted molar refractivity (Wildman–Crippen MR) is 128 cm³/mol. The number of hydrogen-bond donors (Lipinski definition) is 3. The Balaban J connectivity index is 2.40. The Morgan fingerprint density at radius 3 is 2.39 bits per heavy atom. The predicted octanol–water partition coefficient (Wildman–Crippen LogP) is 3.41. The molecule has 0 saturated heterocycles. The number of esters is 1. The van der Waals surface area contributed by atoms with E-state index in [1.54, 1.807) is 38.3 Å². The first kappa shape index (κ1) is 23.8. The summed E-state index contributed by atoms with van der Waals surface area (Å²) in [5.41, 5.74) is 13.5. The van der Waals surface area contributed by atoms with Gasteiger partial charge in [-0.2, -0.15) is 10.2 Å². The molecule has 0 unspecified atom stereocenters.